The van der Waals surface area contributed by atoms with Crippen molar-refractivity contribution in [3.8, 4) is 5.69 Å². The molecule has 29 heavy (non-hydrogen) atoms. The summed E-state index contributed by atoms with van der Waals surface area (Å²) in [6, 6.07) is 11.2. The van der Waals surface area contributed by atoms with Crippen LogP contribution in [0, 0.1) is 25.1 Å². The van der Waals surface area contributed by atoms with E-state index in [1.807, 2.05) is 0 Å². The van der Waals surface area contributed by atoms with Crippen LogP contribution >= 0.6 is 0 Å². The zero-order valence-corrected chi connectivity index (χ0v) is 20.2. The van der Waals surface area contributed by atoms with Crippen molar-refractivity contribution in [2.24, 2.45) is 0 Å². The number of hydrogen-bond donors (Lipinski definition) is 0. The van der Waals surface area contributed by atoms with Crippen LogP contribution in [0.1, 0.15) is 72.9 Å². The minimum atomic E-state index is 0. The Balaban J connectivity index is 0.00000300. The maximum atomic E-state index is 6.12. The smallest absolute Gasteiger partial charge is 1.00 e. The van der Waals surface area contributed by atoms with Crippen LogP contribution in [0.15, 0.2) is 42.7 Å². The zero-order chi connectivity index (χ0) is 20.6. The van der Waals surface area contributed by atoms with Gasteiger partial charge in [0.1, 0.15) is 0 Å². The number of aryl methyl sites for hydroxylation is 3. The molecule has 3 rings (SSSR count). The van der Waals surface area contributed by atoms with Crippen molar-refractivity contribution in [2.75, 3.05) is 0 Å². The van der Waals surface area contributed by atoms with E-state index in [2.05, 4.69) is 100 Å². The van der Waals surface area contributed by atoms with E-state index in [0.29, 0.717) is 11.8 Å². The van der Waals surface area contributed by atoms with Gasteiger partial charge in [-0.05, 0) is 0 Å². The van der Waals surface area contributed by atoms with Crippen LogP contribution in [0.5, 0.6) is 0 Å². The van der Waals surface area contributed by atoms with Crippen LogP contribution in [-0.4, -0.2) is 9.13 Å². The quantitative estimate of drug-likeness (QED) is 0.517. The van der Waals surface area contributed by atoms with Crippen molar-refractivity contribution >= 4 is 0 Å². The number of para-hydroxylation sites is 1. The van der Waals surface area contributed by atoms with Crippen molar-refractivity contribution in [1.29, 1.82) is 0 Å². The van der Waals surface area contributed by atoms with Crippen LogP contribution in [0.4, 0.5) is 0 Å². The number of imidazole rings is 1. The Morgan fingerprint density at radius 1 is 0.862 bits per heavy atom. The van der Waals surface area contributed by atoms with Crippen LogP contribution in [-0.2, 0) is 22.1 Å². The average molecular weight is 460 g/mol. The van der Waals surface area contributed by atoms with Crippen molar-refractivity contribution < 1.29 is 28.0 Å². The monoisotopic (exact) mass is 458 g/mol. The van der Waals surface area contributed by atoms with Crippen molar-refractivity contribution in [3.05, 3.63) is 80.4 Å². The van der Waals surface area contributed by atoms with Crippen LogP contribution in [0.25, 0.3) is 5.69 Å². The van der Waals surface area contributed by atoms with Gasteiger partial charge in [0, 0.05) is 0 Å². The number of halogens is 1. The van der Waals surface area contributed by atoms with Crippen molar-refractivity contribution in [1.82, 2.24) is 9.13 Å². The molecule has 0 saturated carbocycles. The third-order valence-corrected chi connectivity index (χ3v) is 6.04. The van der Waals surface area contributed by atoms with E-state index < -0.39 is 0 Å². The molecule has 160 valence electrons. The fourth-order valence-electron chi connectivity index (χ4n) is 4.09. The first-order valence-electron chi connectivity index (χ1n) is 10.1. The summed E-state index contributed by atoms with van der Waals surface area (Å²) in [5.41, 5.74) is 9.27. The minimum Gasteiger partial charge on any atom is -1.00 e. The molecule has 0 aliphatic rings. The number of hydrogen-bond acceptors (Lipinski definition) is 0. The molecule has 2 nitrogen and oxygen atoms in total. The van der Waals surface area contributed by atoms with Gasteiger partial charge in [0.25, 0.3) is 0 Å². The van der Waals surface area contributed by atoms with Gasteiger partial charge in [0.2, 0.25) is 0 Å². The van der Waals surface area contributed by atoms with E-state index in [9.17, 15) is 0 Å². The van der Waals surface area contributed by atoms with E-state index in [1.165, 1.54) is 39.1 Å². The van der Waals surface area contributed by atoms with E-state index in [1.54, 1.807) is 0 Å². The Labute approximate surface area is 189 Å². The number of aromatic nitrogens is 2. The zero-order valence-electron chi connectivity index (χ0n) is 18.5. The molecular weight excluding hydrogens is 427 g/mol. The molecular formula is C25H32ClCuN2. The summed E-state index contributed by atoms with van der Waals surface area (Å²) in [6.45, 7) is 16.3. The largest absolute Gasteiger partial charge is 1.00 e. The second kappa shape index (κ2) is 9.51. The van der Waals surface area contributed by atoms with E-state index >= 15 is 0 Å². The normalized spacial score (nSPS) is 11.3. The van der Waals surface area contributed by atoms with Gasteiger partial charge >= 0.3 is 178 Å². The van der Waals surface area contributed by atoms with Gasteiger partial charge in [0.05, 0.1) is 0 Å². The summed E-state index contributed by atoms with van der Waals surface area (Å²) in [6.07, 6.45) is 4.25. The molecule has 1 heterocycles. The third-order valence-electron chi connectivity index (χ3n) is 5.54. The molecule has 2 aromatic carbocycles. The fraction of sp³-hybridized carbons (Fsp3) is 0.400. The van der Waals surface area contributed by atoms with Gasteiger partial charge in [0.15, 0.2) is 0 Å². The molecule has 0 unspecified atom stereocenters. The second-order valence-electron chi connectivity index (χ2n) is 8.50. The Bertz CT molecular complexity index is 1010. The summed E-state index contributed by atoms with van der Waals surface area (Å²) in [5.74, 6) is 0.885. The summed E-state index contributed by atoms with van der Waals surface area (Å²) in [4.78, 5) is 0. The SMILES string of the molecule is Cc1cc(C)c(Cn2ccn(-c3c(C(C)C)cccc3C(C)C)[c]2=[Cu+])c(C)c1.[Cl-]. The van der Waals surface area contributed by atoms with Crippen molar-refractivity contribution in [3.63, 3.8) is 0 Å². The summed E-state index contributed by atoms with van der Waals surface area (Å²) in [7, 11) is 0. The van der Waals surface area contributed by atoms with Crippen LogP contribution < -0.4 is 12.4 Å². The first-order valence-corrected chi connectivity index (χ1v) is 10.6. The molecule has 0 radical (unpaired) electrons. The topological polar surface area (TPSA) is 9.86 Å². The van der Waals surface area contributed by atoms with Gasteiger partial charge in [-0.3, -0.25) is 0 Å². The molecule has 0 spiro atoms. The number of benzene rings is 2. The molecule has 0 bridgehead atoms. The summed E-state index contributed by atoms with van der Waals surface area (Å²) in [5, 5.41) is 0. The van der Waals surface area contributed by atoms with Gasteiger partial charge in [-0.15, -0.1) is 0 Å². The van der Waals surface area contributed by atoms with Crippen LogP contribution in [0.3, 0.4) is 0 Å². The Morgan fingerprint density at radius 3 is 1.86 bits per heavy atom. The maximum Gasteiger partial charge on any atom is -1.00 e. The number of rotatable bonds is 5. The van der Waals surface area contributed by atoms with E-state index in [-0.39, 0.29) is 12.4 Å². The third kappa shape index (κ3) is 4.79. The molecule has 0 amide bonds. The molecule has 3 aromatic rings. The van der Waals surface area contributed by atoms with Gasteiger partial charge in [-0.2, -0.15) is 0 Å². The maximum absolute atomic E-state index is 6.12. The first kappa shape index (κ1) is 23.7. The molecule has 0 aliphatic heterocycles. The Kier molecular flexibility index (Phi) is 7.79. The molecule has 0 aliphatic carbocycles. The Hall–Kier alpha value is -1.54. The first-order chi connectivity index (χ1) is 13.2. The Morgan fingerprint density at radius 2 is 1.38 bits per heavy atom. The summed E-state index contributed by atoms with van der Waals surface area (Å²) >= 11 is 6.12. The standard InChI is InChI=1S/C25H32N2.ClH.Cu/c1-17(2)22-9-8-10-23(18(3)4)25(22)27-12-11-26(16-27)15-24-20(6)13-19(5)14-21(24)7;;/h8-14,17-18H,15H2,1-7H3;1H;/q;;+1/p-1. The second-order valence-corrected chi connectivity index (χ2v) is 8.92. The molecule has 1 aromatic heterocycles. The van der Waals surface area contributed by atoms with Gasteiger partial charge in [-0.1, -0.05) is 0 Å². The molecule has 0 saturated heterocycles. The summed E-state index contributed by atoms with van der Waals surface area (Å²) < 4.78 is 5.22. The molecule has 0 fully saturated rings. The molecule has 0 atom stereocenters. The van der Waals surface area contributed by atoms with Crippen molar-refractivity contribution in [2.45, 2.75) is 66.8 Å². The molecule has 4 heteroatoms. The fourth-order valence-corrected chi connectivity index (χ4v) is 4.41. The predicted octanol–water partition coefficient (Wildman–Crippen LogP) is 3.58. The van der Waals surface area contributed by atoms with Gasteiger partial charge in [-0.25, -0.2) is 0 Å². The van der Waals surface area contributed by atoms with E-state index in [0.717, 1.165) is 10.9 Å². The minimum absolute atomic E-state index is 0. The molecule has 0 N–H and O–H groups in total. The number of nitrogens with zero attached hydrogens (tertiary/aromatic N) is 2. The van der Waals surface area contributed by atoms with E-state index in [4.69, 9.17) is 15.6 Å². The average Bonchev–Trinajstić information content (AvgIpc) is 2.97. The van der Waals surface area contributed by atoms with Gasteiger partial charge < -0.3 is 12.4 Å². The van der Waals surface area contributed by atoms with Crippen LogP contribution in [0.2, 0.25) is 0 Å². The predicted molar refractivity (Wildman–Crippen MR) is 115 cm³/mol.